The van der Waals surface area contributed by atoms with Gasteiger partial charge in [0.25, 0.3) is 5.91 Å². The molecule has 1 heterocycles. The number of amides is 3. The number of halogens is 1. The minimum atomic E-state index is -1.55. The van der Waals surface area contributed by atoms with Crippen LogP contribution in [0, 0.1) is 0 Å². The molecular weight excluding hydrogens is 446 g/mol. The second-order valence-electron chi connectivity index (χ2n) is 9.45. The SMILES string of the molecule is CCC(O)(CC)C(=O)NC(=O)[C@@H]1CCCN1Cc1cc(Cl)ccc1CNC(=O)OC(C)(C)C. The van der Waals surface area contributed by atoms with Crippen LogP contribution in [0.5, 0.6) is 0 Å². The number of aliphatic hydroxyl groups is 1. The van der Waals surface area contributed by atoms with Gasteiger partial charge in [-0.2, -0.15) is 0 Å². The van der Waals surface area contributed by atoms with E-state index in [4.69, 9.17) is 16.3 Å². The predicted octanol–water partition coefficient (Wildman–Crippen LogP) is 3.52. The molecule has 0 aromatic heterocycles. The van der Waals surface area contributed by atoms with Gasteiger partial charge in [0.05, 0.1) is 6.04 Å². The zero-order chi connectivity index (χ0) is 24.8. The molecular formula is C24H36ClN3O5. The van der Waals surface area contributed by atoms with Crippen molar-refractivity contribution in [3.63, 3.8) is 0 Å². The van der Waals surface area contributed by atoms with Gasteiger partial charge in [-0.15, -0.1) is 0 Å². The molecule has 0 aliphatic carbocycles. The fourth-order valence-corrected chi connectivity index (χ4v) is 4.00. The van der Waals surface area contributed by atoms with Crippen LogP contribution >= 0.6 is 11.6 Å². The van der Waals surface area contributed by atoms with Gasteiger partial charge in [-0.25, -0.2) is 4.79 Å². The molecule has 3 N–H and O–H groups in total. The minimum absolute atomic E-state index is 0.230. The van der Waals surface area contributed by atoms with Crippen molar-refractivity contribution in [2.24, 2.45) is 0 Å². The molecule has 1 aliphatic rings. The van der Waals surface area contributed by atoms with Crippen LogP contribution in [0.4, 0.5) is 4.79 Å². The number of carbonyl (C=O) groups excluding carboxylic acids is 3. The summed E-state index contributed by atoms with van der Waals surface area (Å²) in [5.74, 6) is -1.07. The quantitative estimate of drug-likeness (QED) is 0.524. The summed E-state index contributed by atoms with van der Waals surface area (Å²) in [5.41, 5.74) is -0.406. The average Bonchev–Trinajstić information content (AvgIpc) is 3.19. The van der Waals surface area contributed by atoms with E-state index in [-0.39, 0.29) is 19.4 Å². The third kappa shape index (κ3) is 7.69. The number of nitrogens with one attached hydrogen (secondary N) is 2. The second-order valence-corrected chi connectivity index (χ2v) is 9.89. The molecule has 1 fully saturated rings. The van der Waals surface area contributed by atoms with Gasteiger partial charge in [-0.3, -0.25) is 19.8 Å². The maximum Gasteiger partial charge on any atom is 0.407 e. The first kappa shape index (κ1) is 27.1. The Balaban J connectivity index is 2.09. The number of rotatable bonds is 8. The summed E-state index contributed by atoms with van der Waals surface area (Å²) in [6, 6.07) is 4.92. The summed E-state index contributed by atoms with van der Waals surface area (Å²) in [6.45, 7) is 10.2. The van der Waals surface area contributed by atoms with Gasteiger partial charge < -0.3 is 15.2 Å². The summed E-state index contributed by atoms with van der Waals surface area (Å²) in [7, 11) is 0. The Hall–Kier alpha value is -2.16. The van der Waals surface area contributed by atoms with Gasteiger partial charge in [-0.05, 0) is 76.3 Å². The summed E-state index contributed by atoms with van der Waals surface area (Å²) < 4.78 is 5.30. The Bertz CT molecular complexity index is 864. The first-order chi connectivity index (χ1) is 15.4. The molecule has 33 heavy (non-hydrogen) atoms. The highest BCUT2D eigenvalue weighted by molar-refractivity contribution is 6.30. The number of carbonyl (C=O) groups is 3. The van der Waals surface area contributed by atoms with Crippen molar-refractivity contribution >= 4 is 29.5 Å². The van der Waals surface area contributed by atoms with Gasteiger partial charge in [0.1, 0.15) is 11.2 Å². The minimum Gasteiger partial charge on any atom is -0.444 e. The Morgan fingerprint density at radius 2 is 1.85 bits per heavy atom. The van der Waals surface area contributed by atoms with E-state index in [1.165, 1.54) is 0 Å². The first-order valence-corrected chi connectivity index (χ1v) is 11.8. The molecule has 9 heteroatoms. The lowest BCUT2D eigenvalue weighted by molar-refractivity contribution is -0.145. The Morgan fingerprint density at radius 3 is 2.45 bits per heavy atom. The lowest BCUT2D eigenvalue weighted by Gasteiger charge is -2.27. The molecule has 1 saturated heterocycles. The highest BCUT2D eigenvalue weighted by Crippen LogP contribution is 2.25. The van der Waals surface area contributed by atoms with Crippen LogP contribution in [0.15, 0.2) is 18.2 Å². The maximum atomic E-state index is 12.9. The average molecular weight is 482 g/mol. The molecule has 0 bridgehead atoms. The smallest absolute Gasteiger partial charge is 0.407 e. The van der Waals surface area contributed by atoms with Crippen molar-refractivity contribution in [3.8, 4) is 0 Å². The van der Waals surface area contributed by atoms with Gasteiger partial charge >= 0.3 is 6.09 Å². The van der Waals surface area contributed by atoms with E-state index >= 15 is 0 Å². The maximum absolute atomic E-state index is 12.9. The number of imide groups is 1. The number of alkyl carbamates (subject to hydrolysis) is 1. The number of benzene rings is 1. The fourth-order valence-electron chi connectivity index (χ4n) is 3.81. The van der Waals surface area contributed by atoms with Crippen molar-refractivity contribution < 1.29 is 24.2 Å². The lowest BCUT2D eigenvalue weighted by atomic mass is 9.96. The van der Waals surface area contributed by atoms with Crippen LogP contribution in [0.2, 0.25) is 5.02 Å². The van der Waals surface area contributed by atoms with Crippen LogP contribution in [0.1, 0.15) is 71.4 Å². The zero-order valence-corrected chi connectivity index (χ0v) is 20.9. The van der Waals surface area contributed by atoms with Crippen LogP contribution < -0.4 is 10.6 Å². The fraction of sp³-hybridized carbons (Fsp3) is 0.625. The molecule has 184 valence electrons. The van der Waals surface area contributed by atoms with E-state index in [9.17, 15) is 19.5 Å². The van der Waals surface area contributed by atoms with Gasteiger partial charge in [-0.1, -0.05) is 31.5 Å². The molecule has 1 aromatic rings. The van der Waals surface area contributed by atoms with Crippen molar-refractivity contribution in [2.75, 3.05) is 6.54 Å². The van der Waals surface area contributed by atoms with E-state index in [1.807, 2.05) is 17.0 Å². The van der Waals surface area contributed by atoms with Crippen molar-refractivity contribution in [3.05, 3.63) is 34.3 Å². The Labute approximate surface area is 201 Å². The third-order valence-electron chi connectivity index (χ3n) is 5.86. The highest BCUT2D eigenvalue weighted by atomic mass is 35.5. The molecule has 0 unspecified atom stereocenters. The number of hydrogen-bond donors (Lipinski definition) is 3. The van der Waals surface area contributed by atoms with Crippen LogP contribution in [-0.4, -0.2) is 51.7 Å². The number of ether oxygens (including phenoxy) is 1. The largest absolute Gasteiger partial charge is 0.444 e. The summed E-state index contributed by atoms with van der Waals surface area (Å²) in [5, 5.41) is 16.1. The third-order valence-corrected chi connectivity index (χ3v) is 6.09. The van der Waals surface area contributed by atoms with Crippen molar-refractivity contribution in [1.29, 1.82) is 0 Å². The number of likely N-dealkylation sites (tertiary alicyclic amines) is 1. The molecule has 8 nitrogen and oxygen atoms in total. The molecule has 2 rings (SSSR count). The van der Waals surface area contributed by atoms with E-state index in [1.54, 1.807) is 40.7 Å². The molecule has 1 aliphatic heterocycles. The zero-order valence-electron chi connectivity index (χ0n) is 20.2. The lowest BCUT2D eigenvalue weighted by Crippen LogP contribution is -2.52. The normalized spacial score (nSPS) is 17.0. The van der Waals surface area contributed by atoms with Gasteiger partial charge in [0.15, 0.2) is 0 Å². The summed E-state index contributed by atoms with van der Waals surface area (Å²) in [4.78, 5) is 39.3. The molecule has 0 spiro atoms. The number of hydrogen-bond acceptors (Lipinski definition) is 6. The van der Waals surface area contributed by atoms with E-state index in [0.29, 0.717) is 24.5 Å². The summed E-state index contributed by atoms with van der Waals surface area (Å²) >= 11 is 6.22. The van der Waals surface area contributed by atoms with Crippen molar-refractivity contribution in [2.45, 2.75) is 90.6 Å². The van der Waals surface area contributed by atoms with Gasteiger partial charge in [0.2, 0.25) is 5.91 Å². The first-order valence-electron chi connectivity index (χ1n) is 11.4. The molecule has 3 amide bonds. The summed E-state index contributed by atoms with van der Waals surface area (Å²) in [6.07, 6.45) is 1.37. The molecule has 1 aromatic carbocycles. The molecule has 0 radical (unpaired) electrons. The van der Waals surface area contributed by atoms with Crippen LogP contribution in [0.3, 0.4) is 0 Å². The Kier molecular flexibility index (Phi) is 9.29. The van der Waals surface area contributed by atoms with Crippen molar-refractivity contribution in [1.82, 2.24) is 15.5 Å². The predicted molar refractivity (Wildman–Crippen MR) is 127 cm³/mol. The van der Waals surface area contributed by atoms with Crippen LogP contribution in [-0.2, 0) is 27.4 Å². The highest BCUT2D eigenvalue weighted by Gasteiger charge is 2.37. The second kappa shape index (κ2) is 11.3. The molecule has 1 atom stereocenters. The van der Waals surface area contributed by atoms with E-state index in [2.05, 4.69) is 10.6 Å². The van der Waals surface area contributed by atoms with E-state index in [0.717, 1.165) is 17.5 Å². The number of nitrogens with zero attached hydrogens (tertiary/aromatic N) is 1. The Morgan fingerprint density at radius 1 is 1.18 bits per heavy atom. The monoisotopic (exact) mass is 481 g/mol. The van der Waals surface area contributed by atoms with E-state index < -0.39 is 35.2 Å². The molecule has 0 saturated carbocycles. The van der Waals surface area contributed by atoms with Gasteiger partial charge in [0, 0.05) is 18.1 Å². The standard InChI is InChI=1S/C24H36ClN3O5/c1-6-24(32,7-2)21(30)27-20(29)19-9-8-12-28(19)15-17-13-18(25)11-10-16(17)14-26-22(31)33-23(3,4)5/h10-11,13,19,32H,6-9,12,14-15H2,1-5H3,(H,26,31)(H,27,29,30)/t19-/m0/s1. The van der Waals surface area contributed by atoms with Crippen LogP contribution in [0.25, 0.3) is 0 Å². The topological polar surface area (TPSA) is 108 Å².